The molecule has 0 aromatic carbocycles. The van der Waals surface area contributed by atoms with Crippen LogP contribution < -0.4 is 5.32 Å². The van der Waals surface area contributed by atoms with Gasteiger partial charge in [0, 0.05) is 30.7 Å². The summed E-state index contributed by atoms with van der Waals surface area (Å²) in [5.74, 6) is 0.737. The van der Waals surface area contributed by atoms with Crippen molar-refractivity contribution < 1.29 is 9.32 Å². The summed E-state index contributed by atoms with van der Waals surface area (Å²) < 4.78 is 5.08. The molecule has 0 saturated carbocycles. The third-order valence-corrected chi connectivity index (χ3v) is 2.85. The number of urea groups is 1. The van der Waals surface area contributed by atoms with Gasteiger partial charge in [0.15, 0.2) is 0 Å². The van der Waals surface area contributed by atoms with E-state index in [4.69, 9.17) is 4.52 Å². The van der Waals surface area contributed by atoms with Crippen LogP contribution in [0.3, 0.4) is 0 Å². The minimum atomic E-state index is -0.189. The quantitative estimate of drug-likeness (QED) is 0.919. The van der Waals surface area contributed by atoms with Crippen LogP contribution in [0.1, 0.15) is 17.0 Å². The molecule has 0 fully saturated rings. The van der Waals surface area contributed by atoms with E-state index in [-0.39, 0.29) is 6.03 Å². The third kappa shape index (κ3) is 3.09. The molecule has 2 rings (SSSR count). The Morgan fingerprint density at radius 1 is 1.37 bits per heavy atom. The van der Waals surface area contributed by atoms with Gasteiger partial charge >= 0.3 is 6.03 Å². The molecule has 0 radical (unpaired) electrons. The fourth-order valence-electron chi connectivity index (χ4n) is 1.69. The van der Waals surface area contributed by atoms with E-state index in [0.717, 1.165) is 17.0 Å². The summed E-state index contributed by atoms with van der Waals surface area (Å²) >= 11 is 0. The Labute approximate surface area is 111 Å². The lowest BCUT2D eigenvalue weighted by molar-refractivity contribution is 0.220. The van der Waals surface area contributed by atoms with Crippen molar-refractivity contribution >= 4 is 11.7 Å². The summed E-state index contributed by atoms with van der Waals surface area (Å²) in [6.45, 7) is 4.16. The highest BCUT2D eigenvalue weighted by Crippen LogP contribution is 2.15. The number of rotatable bonds is 3. The van der Waals surface area contributed by atoms with E-state index in [2.05, 4.69) is 15.5 Å². The molecule has 6 nitrogen and oxygen atoms in total. The Kier molecular flexibility index (Phi) is 3.79. The van der Waals surface area contributed by atoms with Gasteiger partial charge in [-0.2, -0.15) is 0 Å². The molecular formula is C13H16N4O2. The number of carbonyl (C=O) groups is 1. The van der Waals surface area contributed by atoms with Gasteiger partial charge in [-0.25, -0.2) is 4.79 Å². The number of nitrogens with zero attached hydrogens (tertiary/aromatic N) is 3. The van der Waals surface area contributed by atoms with Crippen molar-refractivity contribution in [2.45, 2.75) is 20.4 Å². The van der Waals surface area contributed by atoms with E-state index < -0.39 is 0 Å². The van der Waals surface area contributed by atoms with Crippen LogP contribution in [0.5, 0.6) is 0 Å². The van der Waals surface area contributed by atoms with E-state index in [0.29, 0.717) is 12.2 Å². The average Bonchev–Trinajstić information content (AvgIpc) is 2.71. The molecule has 19 heavy (non-hydrogen) atoms. The Morgan fingerprint density at radius 2 is 2.05 bits per heavy atom. The lowest BCUT2D eigenvalue weighted by atomic mass is 10.2. The number of aryl methyl sites for hydroxylation is 2. The number of nitrogens with one attached hydrogen (secondary N) is 1. The molecule has 0 saturated heterocycles. The lowest BCUT2D eigenvalue weighted by Crippen LogP contribution is -2.31. The minimum Gasteiger partial charge on any atom is -0.361 e. The summed E-state index contributed by atoms with van der Waals surface area (Å²) in [5, 5.41) is 6.66. The zero-order chi connectivity index (χ0) is 13.8. The summed E-state index contributed by atoms with van der Waals surface area (Å²) in [7, 11) is 1.72. The Morgan fingerprint density at radius 3 is 2.63 bits per heavy atom. The number of aromatic nitrogens is 2. The van der Waals surface area contributed by atoms with Crippen LogP contribution in [0.4, 0.5) is 10.5 Å². The monoisotopic (exact) mass is 260 g/mol. The van der Waals surface area contributed by atoms with E-state index in [9.17, 15) is 4.79 Å². The molecule has 2 amide bonds. The van der Waals surface area contributed by atoms with Crippen molar-refractivity contribution in [2.75, 3.05) is 12.4 Å². The molecule has 100 valence electrons. The fourth-order valence-corrected chi connectivity index (χ4v) is 1.69. The maximum absolute atomic E-state index is 12.0. The molecule has 0 unspecified atom stereocenters. The highest BCUT2D eigenvalue weighted by Gasteiger charge is 2.15. The van der Waals surface area contributed by atoms with Crippen molar-refractivity contribution in [2.24, 2.45) is 0 Å². The van der Waals surface area contributed by atoms with E-state index in [1.807, 2.05) is 13.8 Å². The molecular weight excluding hydrogens is 244 g/mol. The molecule has 1 N–H and O–H groups in total. The molecule has 0 aliphatic heterocycles. The van der Waals surface area contributed by atoms with Gasteiger partial charge in [0.05, 0.1) is 12.2 Å². The Hall–Kier alpha value is -2.37. The first-order chi connectivity index (χ1) is 9.08. The molecule has 2 aromatic heterocycles. The van der Waals surface area contributed by atoms with E-state index in [1.165, 1.54) is 0 Å². The number of amides is 2. The van der Waals surface area contributed by atoms with Crippen molar-refractivity contribution in [3.63, 3.8) is 0 Å². The van der Waals surface area contributed by atoms with Gasteiger partial charge < -0.3 is 14.7 Å². The van der Waals surface area contributed by atoms with E-state index >= 15 is 0 Å². The van der Waals surface area contributed by atoms with Crippen LogP contribution in [-0.2, 0) is 6.54 Å². The van der Waals surface area contributed by atoms with Crippen molar-refractivity contribution in [1.29, 1.82) is 0 Å². The molecule has 0 atom stereocenters. The van der Waals surface area contributed by atoms with Gasteiger partial charge in [-0.3, -0.25) is 4.98 Å². The third-order valence-electron chi connectivity index (χ3n) is 2.85. The number of carbonyl (C=O) groups excluding carboxylic acids is 1. The number of hydrogen-bond acceptors (Lipinski definition) is 4. The predicted octanol–water partition coefficient (Wildman–Crippen LogP) is 2.35. The standard InChI is InChI=1S/C13H16N4O2/c1-9-12(10(2)19-16-9)8-17(3)13(18)15-11-4-6-14-7-5-11/h4-7H,8H2,1-3H3,(H,14,15,18). The SMILES string of the molecule is Cc1noc(C)c1CN(C)C(=O)Nc1ccncc1. The smallest absolute Gasteiger partial charge is 0.321 e. The first-order valence-electron chi connectivity index (χ1n) is 5.92. The lowest BCUT2D eigenvalue weighted by Gasteiger charge is -2.17. The first-order valence-corrected chi connectivity index (χ1v) is 5.92. The van der Waals surface area contributed by atoms with Gasteiger partial charge in [0.25, 0.3) is 0 Å². The molecule has 2 heterocycles. The van der Waals surface area contributed by atoms with Gasteiger partial charge in [-0.15, -0.1) is 0 Å². The normalized spacial score (nSPS) is 10.3. The zero-order valence-corrected chi connectivity index (χ0v) is 11.2. The second-order valence-electron chi connectivity index (χ2n) is 4.32. The molecule has 0 spiro atoms. The largest absolute Gasteiger partial charge is 0.361 e. The maximum atomic E-state index is 12.0. The summed E-state index contributed by atoms with van der Waals surface area (Å²) in [6.07, 6.45) is 3.26. The maximum Gasteiger partial charge on any atom is 0.321 e. The average molecular weight is 260 g/mol. The van der Waals surface area contributed by atoms with Gasteiger partial charge in [-0.05, 0) is 26.0 Å². The molecule has 0 aliphatic rings. The molecule has 0 aliphatic carbocycles. The summed E-state index contributed by atoms with van der Waals surface area (Å²) in [5.41, 5.74) is 2.46. The molecule has 0 bridgehead atoms. The summed E-state index contributed by atoms with van der Waals surface area (Å²) in [4.78, 5) is 17.5. The number of pyridine rings is 1. The van der Waals surface area contributed by atoms with Crippen LogP contribution in [0.15, 0.2) is 29.0 Å². The van der Waals surface area contributed by atoms with Gasteiger partial charge in [0.2, 0.25) is 0 Å². The van der Waals surface area contributed by atoms with Crippen LogP contribution in [0.25, 0.3) is 0 Å². The van der Waals surface area contributed by atoms with Crippen molar-refractivity contribution in [1.82, 2.24) is 15.0 Å². The second-order valence-corrected chi connectivity index (χ2v) is 4.32. The minimum absolute atomic E-state index is 0.189. The molecule has 2 aromatic rings. The topological polar surface area (TPSA) is 71.3 Å². The van der Waals surface area contributed by atoms with Crippen LogP contribution in [-0.4, -0.2) is 28.1 Å². The zero-order valence-electron chi connectivity index (χ0n) is 11.2. The van der Waals surface area contributed by atoms with Crippen LogP contribution in [0.2, 0.25) is 0 Å². The highest BCUT2D eigenvalue weighted by molar-refractivity contribution is 5.88. The Bertz CT molecular complexity index is 546. The highest BCUT2D eigenvalue weighted by atomic mass is 16.5. The van der Waals surface area contributed by atoms with Crippen molar-refractivity contribution in [3.05, 3.63) is 41.5 Å². The van der Waals surface area contributed by atoms with Crippen molar-refractivity contribution in [3.8, 4) is 0 Å². The first kappa shape index (κ1) is 13.1. The van der Waals surface area contributed by atoms with Crippen LogP contribution >= 0.6 is 0 Å². The number of hydrogen-bond donors (Lipinski definition) is 1. The van der Waals surface area contributed by atoms with Crippen LogP contribution in [0, 0.1) is 13.8 Å². The molecule has 6 heteroatoms. The van der Waals surface area contributed by atoms with E-state index in [1.54, 1.807) is 36.5 Å². The number of anilines is 1. The van der Waals surface area contributed by atoms with Gasteiger partial charge in [0.1, 0.15) is 5.76 Å². The fraction of sp³-hybridized carbons (Fsp3) is 0.308. The van der Waals surface area contributed by atoms with Gasteiger partial charge in [-0.1, -0.05) is 5.16 Å². The summed E-state index contributed by atoms with van der Waals surface area (Å²) in [6, 6.07) is 3.29. The Balaban J connectivity index is 2.00. The second kappa shape index (κ2) is 5.51. The predicted molar refractivity (Wildman–Crippen MR) is 70.7 cm³/mol.